The van der Waals surface area contributed by atoms with Crippen LogP contribution in [-0.2, 0) is 6.54 Å². The first kappa shape index (κ1) is 15.1. The molecule has 2 aromatic rings. The second kappa shape index (κ2) is 7.48. The minimum absolute atomic E-state index is 0.706. The summed E-state index contributed by atoms with van der Waals surface area (Å²) in [6, 6.07) is 13.7. The Morgan fingerprint density at radius 3 is 2.86 bits per heavy atom. The summed E-state index contributed by atoms with van der Waals surface area (Å²) in [6.07, 6.45) is 4.11. The van der Waals surface area contributed by atoms with Crippen LogP contribution in [0.3, 0.4) is 0 Å². The molecule has 1 saturated carbocycles. The highest BCUT2D eigenvalue weighted by atomic mass is 32.2. The first-order valence-electron chi connectivity index (χ1n) is 7.84. The van der Waals surface area contributed by atoms with E-state index in [2.05, 4.69) is 65.8 Å². The Labute approximate surface area is 136 Å². The minimum atomic E-state index is 0.706. The molecule has 1 fully saturated rings. The fourth-order valence-corrected chi connectivity index (χ4v) is 5.13. The highest BCUT2D eigenvalue weighted by Gasteiger charge is 2.26. The van der Waals surface area contributed by atoms with Gasteiger partial charge in [0.1, 0.15) is 0 Å². The van der Waals surface area contributed by atoms with Crippen molar-refractivity contribution in [3.63, 3.8) is 0 Å². The Morgan fingerprint density at radius 1 is 1.19 bits per heavy atom. The molecule has 0 radical (unpaired) electrons. The van der Waals surface area contributed by atoms with Crippen LogP contribution in [0.25, 0.3) is 11.1 Å². The van der Waals surface area contributed by atoms with Crippen LogP contribution < -0.4 is 5.32 Å². The van der Waals surface area contributed by atoms with Gasteiger partial charge in [-0.2, -0.15) is 11.8 Å². The summed E-state index contributed by atoms with van der Waals surface area (Å²) in [5.41, 5.74) is 2.67. The van der Waals surface area contributed by atoms with Gasteiger partial charge in [-0.15, -0.1) is 11.3 Å². The number of hydrogen-bond acceptors (Lipinski definition) is 3. The van der Waals surface area contributed by atoms with Crippen LogP contribution >= 0.6 is 23.1 Å². The molecule has 1 aromatic heterocycles. The van der Waals surface area contributed by atoms with Crippen LogP contribution in [0.4, 0.5) is 0 Å². The number of benzene rings is 1. The summed E-state index contributed by atoms with van der Waals surface area (Å²) in [6.45, 7) is 3.29. The van der Waals surface area contributed by atoms with Gasteiger partial charge >= 0.3 is 0 Å². The van der Waals surface area contributed by atoms with Gasteiger partial charge in [-0.05, 0) is 41.2 Å². The van der Waals surface area contributed by atoms with Gasteiger partial charge in [-0.1, -0.05) is 43.7 Å². The topological polar surface area (TPSA) is 12.0 Å². The third kappa shape index (κ3) is 3.91. The molecule has 2 atom stereocenters. The molecular formula is C18H23NS2. The number of thiophene rings is 1. The van der Waals surface area contributed by atoms with Crippen LogP contribution in [0, 0.1) is 0 Å². The van der Waals surface area contributed by atoms with Crippen LogP contribution in [0.2, 0.25) is 0 Å². The maximum Gasteiger partial charge on any atom is 0.0302 e. The third-order valence-electron chi connectivity index (χ3n) is 4.13. The van der Waals surface area contributed by atoms with Crippen LogP contribution in [-0.4, -0.2) is 17.0 Å². The maximum atomic E-state index is 3.79. The van der Waals surface area contributed by atoms with E-state index in [0.29, 0.717) is 6.04 Å². The largest absolute Gasteiger partial charge is 0.308 e. The zero-order valence-electron chi connectivity index (χ0n) is 12.5. The molecule has 2 unspecified atom stereocenters. The number of rotatable bonds is 6. The van der Waals surface area contributed by atoms with E-state index in [9.17, 15) is 0 Å². The molecule has 1 nitrogen and oxygen atoms in total. The van der Waals surface area contributed by atoms with Crippen molar-refractivity contribution in [3.8, 4) is 11.1 Å². The highest BCUT2D eigenvalue weighted by molar-refractivity contribution is 7.99. The SMILES string of the molecule is CCSC1CCCC1NCc1cc(-c2ccccc2)cs1. The van der Waals surface area contributed by atoms with Crippen LogP contribution in [0.15, 0.2) is 41.8 Å². The van der Waals surface area contributed by atoms with Crippen molar-refractivity contribution in [2.75, 3.05) is 5.75 Å². The van der Waals surface area contributed by atoms with Gasteiger partial charge in [-0.25, -0.2) is 0 Å². The Hall–Kier alpha value is -0.770. The summed E-state index contributed by atoms with van der Waals surface area (Å²) in [7, 11) is 0. The fraction of sp³-hybridized carbons (Fsp3) is 0.444. The van der Waals surface area contributed by atoms with E-state index in [1.165, 1.54) is 41.0 Å². The van der Waals surface area contributed by atoms with Gasteiger partial charge < -0.3 is 5.32 Å². The highest BCUT2D eigenvalue weighted by Crippen LogP contribution is 2.31. The summed E-state index contributed by atoms with van der Waals surface area (Å²) in [5.74, 6) is 1.24. The maximum absolute atomic E-state index is 3.79. The first-order valence-corrected chi connectivity index (χ1v) is 9.77. The molecule has 0 amide bonds. The van der Waals surface area contributed by atoms with Gasteiger partial charge in [0, 0.05) is 22.7 Å². The van der Waals surface area contributed by atoms with Crippen molar-refractivity contribution in [2.24, 2.45) is 0 Å². The lowest BCUT2D eigenvalue weighted by Gasteiger charge is -2.19. The van der Waals surface area contributed by atoms with Crippen molar-refractivity contribution < 1.29 is 0 Å². The van der Waals surface area contributed by atoms with Gasteiger partial charge in [0.2, 0.25) is 0 Å². The van der Waals surface area contributed by atoms with E-state index < -0.39 is 0 Å². The van der Waals surface area contributed by atoms with Crippen molar-refractivity contribution in [3.05, 3.63) is 46.7 Å². The molecule has 0 spiro atoms. The second-order valence-electron chi connectivity index (χ2n) is 5.58. The van der Waals surface area contributed by atoms with Crippen LogP contribution in [0.1, 0.15) is 31.1 Å². The van der Waals surface area contributed by atoms with Crippen LogP contribution in [0.5, 0.6) is 0 Å². The second-order valence-corrected chi connectivity index (χ2v) is 8.09. The number of thioether (sulfide) groups is 1. The van der Waals surface area contributed by atoms with Crippen molar-refractivity contribution in [1.82, 2.24) is 5.32 Å². The van der Waals surface area contributed by atoms with E-state index >= 15 is 0 Å². The van der Waals surface area contributed by atoms with Gasteiger partial charge in [0.15, 0.2) is 0 Å². The molecule has 1 heterocycles. The molecule has 1 N–H and O–H groups in total. The molecule has 112 valence electrons. The van der Waals surface area contributed by atoms with Crippen molar-refractivity contribution in [1.29, 1.82) is 0 Å². The molecule has 1 aliphatic rings. The van der Waals surface area contributed by atoms with Gasteiger partial charge in [-0.3, -0.25) is 0 Å². The monoisotopic (exact) mass is 317 g/mol. The number of hydrogen-bond donors (Lipinski definition) is 1. The quantitative estimate of drug-likeness (QED) is 0.788. The molecule has 3 rings (SSSR count). The molecule has 0 saturated heterocycles. The average Bonchev–Trinajstić information content (AvgIpc) is 3.16. The van der Waals surface area contributed by atoms with E-state index in [0.717, 1.165) is 11.8 Å². The zero-order chi connectivity index (χ0) is 14.5. The smallest absolute Gasteiger partial charge is 0.0302 e. The van der Waals surface area contributed by atoms with E-state index in [-0.39, 0.29) is 0 Å². The molecule has 0 aliphatic heterocycles. The fourth-order valence-electron chi connectivity index (χ4n) is 3.06. The van der Waals surface area contributed by atoms with Gasteiger partial charge in [0.25, 0.3) is 0 Å². The minimum Gasteiger partial charge on any atom is -0.308 e. The summed E-state index contributed by atoms with van der Waals surface area (Å²) < 4.78 is 0. The van der Waals surface area contributed by atoms with Crippen molar-refractivity contribution >= 4 is 23.1 Å². The van der Waals surface area contributed by atoms with E-state index in [4.69, 9.17) is 0 Å². The first-order chi connectivity index (χ1) is 10.4. The summed E-state index contributed by atoms with van der Waals surface area (Å²) in [5, 5.41) is 6.89. The lowest BCUT2D eigenvalue weighted by atomic mass is 10.1. The molecule has 0 bridgehead atoms. The summed E-state index contributed by atoms with van der Waals surface area (Å²) in [4.78, 5) is 1.45. The molecule has 1 aliphatic carbocycles. The normalized spacial score (nSPS) is 21.8. The average molecular weight is 318 g/mol. The van der Waals surface area contributed by atoms with Crippen molar-refractivity contribution in [2.45, 2.75) is 44.0 Å². The van der Waals surface area contributed by atoms with E-state index in [1.807, 2.05) is 11.3 Å². The predicted octanol–water partition coefficient (Wildman–Crippen LogP) is 5.18. The third-order valence-corrected chi connectivity index (χ3v) is 6.40. The standard InChI is InChI=1S/C18H23NS2/c1-2-20-18-10-6-9-17(18)19-12-16-11-15(13-21-16)14-7-4-3-5-8-14/h3-5,7-8,11,13,17-19H,2,6,9-10,12H2,1H3. The number of nitrogens with one attached hydrogen (secondary N) is 1. The van der Waals surface area contributed by atoms with Gasteiger partial charge in [0.05, 0.1) is 0 Å². The predicted molar refractivity (Wildman–Crippen MR) is 96.2 cm³/mol. The lowest BCUT2D eigenvalue weighted by Crippen LogP contribution is -2.33. The zero-order valence-corrected chi connectivity index (χ0v) is 14.2. The Kier molecular flexibility index (Phi) is 5.39. The Bertz CT molecular complexity index is 549. The molecule has 21 heavy (non-hydrogen) atoms. The van der Waals surface area contributed by atoms with E-state index in [1.54, 1.807) is 0 Å². The Balaban J connectivity index is 1.58. The molecule has 1 aromatic carbocycles. The summed E-state index contributed by atoms with van der Waals surface area (Å²) >= 11 is 4.00. The Morgan fingerprint density at radius 2 is 2.05 bits per heavy atom. The molecule has 3 heteroatoms. The lowest BCUT2D eigenvalue weighted by molar-refractivity contribution is 0.535. The molecular weight excluding hydrogens is 294 g/mol.